The number of rotatable bonds is 6. The number of hydrogen-bond acceptors (Lipinski definition) is 3. The summed E-state index contributed by atoms with van der Waals surface area (Å²) in [6, 6.07) is 1.10. The lowest BCUT2D eigenvalue weighted by molar-refractivity contribution is 0.534. The van der Waals surface area contributed by atoms with Crippen LogP contribution in [0.2, 0.25) is 0 Å². The van der Waals surface area contributed by atoms with Crippen molar-refractivity contribution < 1.29 is 0 Å². The molecule has 0 aromatic heterocycles. The highest BCUT2D eigenvalue weighted by atomic mass is 32.2. The van der Waals surface area contributed by atoms with Crippen molar-refractivity contribution in [1.82, 2.24) is 5.32 Å². The van der Waals surface area contributed by atoms with Gasteiger partial charge in [0.25, 0.3) is 0 Å². The van der Waals surface area contributed by atoms with Crippen LogP contribution < -0.4 is 5.32 Å². The molecular weight excluding hydrogens is 216 g/mol. The summed E-state index contributed by atoms with van der Waals surface area (Å²) in [5.41, 5.74) is 0. The van der Waals surface area contributed by atoms with Gasteiger partial charge in [0.05, 0.1) is 6.04 Å². The van der Waals surface area contributed by atoms with Crippen LogP contribution in [-0.2, 0) is 0 Å². The van der Waals surface area contributed by atoms with Crippen LogP contribution in [0.3, 0.4) is 0 Å². The van der Waals surface area contributed by atoms with Crippen LogP contribution in [-0.4, -0.2) is 23.0 Å². The van der Waals surface area contributed by atoms with Crippen LogP contribution in [0, 0.1) is 5.92 Å². The summed E-state index contributed by atoms with van der Waals surface area (Å²) in [7, 11) is 0. The zero-order valence-corrected chi connectivity index (χ0v) is 11.9. The van der Waals surface area contributed by atoms with Gasteiger partial charge in [-0.05, 0) is 19.3 Å². The molecule has 2 atom stereocenters. The molecule has 1 aliphatic heterocycles. The fourth-order valence-electron chi connectivity index (χ4n) is 1.79. The van der Waals surface area contributed by atoms with Crippen molar-refractivity contribution in [2.75, 3.05) is 5.75 Å². The van der Waals surface area contributed by atoms with E-state index in [1.165, 1.54) is 30.9 Å². The van der Waals surface area contributed by atoms with Gasteiger partial charge in [-0.1, -0.05) is 51.8 Å². The van der Waals surface area contributed by atoms with E-state index in [4.69, 9.17) is 4.99 Å². The molecule has 0 fully saturated rings. The molecule has 0 amide bonds. The Morgan fingerprint density at radius 2 is 2.12 bits per heavy atom. The topological polar surface area (TPSA) is 24.4 Å². The molecule has 94 valence electrons. The zero-order chi connectivity index (χ0) is 12.0. The Morgan fingerprint density at radius 3 is 2.69 bits per heavy atom. The van der Waals surface area contributed by atoms with Crippen LogP contribution in [0.25, 0.3) is 0 Å². The van der Waals surface area contributed by atoms with E-state index in [-0.39, 0.29) is 0 Å². The molecule has 0 saturated carbocycles. The van der Waals surface area contributed by atoms with Crippen molar-refractivity contribution in [3.05, 3.63) is 0 Å². The Kier molecular flexibility index (Phi) is 6.25. The fraction of sp³-hybridized carbons (Fsp3) is 0.923. The number of aliphatic imine (C=N–C) groups is 1. The summed E-state index contributed by atoms with van der Waals surface area (Å²) in [4.78, 5) is 4.72. The first-order chi connectivity index (χ1) is 7.63. The minimum Gasteiger partial charge on any atom is -0.362 e. The third-order valence-corrected chi connectivity index (χ3v) is 4.06. The Labute approximate surface area is 105 Å². The molecule has 1 heterocycles. The molecule has 1 aliphatic rings. The standard InChI is InChI=1S/C13H26N2S/c1-5-6-7-8-11(4)14-13-15-12(9-16-13)10(2)3/h10-12H,5-9H2,1-4H3,(H,14,15)/t11?,12-/m1/s1. The molecule has 3 heteroatoms. The summed E-state index contributed by atoms with van der Waals surface area (Å²) < 4.78 is 0. The molecule has 0 saturated heterocycles. The Hall–Kier alpha value is -0.180. The molecule has 1 rings (SSSR count). The number of nitrogens with zero attached hydrogens (tertiary/aromatic N) is 1. The smallest absolute Gasteiger partial charge is 0.157 e. The predicted octanol–water partition coefficient (Wildman–Crippen LogP) is 3.67. The van der Waals surface area contributed by atoms with E-state index in [0.717, 1.165) is 5.75 Å². The van der Waals surface area contributed by atoms with Gasteiger partial charge in [-0.3, -0.25) is 4.99 Å². The predicted molar refractivity (Wildman–Crippen MR) is 75.3 cm³/mol. The second kappa shape index (κ2) is 7.21. The number of nitrogens with one attached hydrogen (secondary N) is 1. The molecule has 16 heavy (non-hydrogen) atoms. The van der Waals surface area contributed by atoms with Crippen LogP contribution in [0.1, 0.15) is 53.4 Å². The SMILES string of the molecule is CCCCCC(C)NC1=N[C@@H](C(C)C)CS1. The van der Waals surface area contributed by atoms with Crippen LogP contribution >= 0.6 is 11.8 Å². The maximum Gasteiger partial charge on any atom is 0.157 e. The largest absolute Gasteiger partial charge is 0.362 e. The van der Waals surface area contributed by atoms with Crippen molar-refractivity contribution in [1.29, 1.82) is 0 Å². The molecule has 0 radical (unpaired) electrons. The monoisotopic (exact) mass is 242 g/mol. The maximum absolute atomic E-state index is 4.72. The van der Waals surface area contributed by atoms with Crippen LogP contribution in [0.15, 0.2) is 4.99 Å². The average Bonchev–Trinajstić information content (AvgIpc) is 2.66. The van der Waals surface area contributed by atoms with Gasteiger partial charge in [-0.15, -0.1) is 0 Å². The summed E-state index contributed by atoms with van der Waals surface area (Å²) in [5.74, 6) is 1.82. The molecule has 0 spiro atoms. The van der Waals surface area contributed by atoms with E-state index < -0.39 is 0 Å². The van der Waals surface area contributed by atoms with Gasteiger partial charge in [0.2, 0.25) is 0 Å². The van der Waals surface area contributed by atoms with Gasteiger partial charge < -0.3 is 5.32 Å². The van der Waals surface area contributed by atoms with Gasteiger partial charge in [0.1, 0.15) is 0 Å². The number of hydrogen-bond donors (Lipinski definition) is 1. The first kappa shape index (κ1) is 13.9. The molecular formula is C13H26N2S. The second-order valence-corrected chi connectivity index (χ2v) is 6.11. The van der Waals surface area contributed by atoms with Gasteiger partial charge in [0.15, 0.2) is 5.17 Å². The number of thioether (sulfide) groups is 1. The third kappa shape index (κ3) is 4.77. The molecule has 0 aromatic carbocycles. The average molecular weight is 242 g/mol. The molecule has 0 aromatic rings. The lowest BCUT2D eigenvalue weighted by Gasteiger charge is -2.14. The normalized spacial score (nSPS) is 22.3. The van der Waals surface area contributed by atoms with Crippen molar-refractivity contribution in [3.63, 3.8) is 0 Å². The molecule has 0 aliphatic carbocycles. The highest BCUT2D eigenvalue weighted by molar-refractivity contribution is 8.14. The molecule has 0 bridgehead atoms. The van der Waals surface area contributed by atoms with Gasteiger partial charge in [-0.25, -0.2) is 0 Å². The molecule has 1 unspecified atom stereocenters. The number of unbranched alkanes of at least 4 members (excludes halogenated alkanes) is 2. The molecule has 2 nitrogen and oxygen atoms in total. The maximum atomic E-state index is 4.72. The van der Waals surface area contributed by atoms with Gasteiger partial charge >= 0.3 is 0 Å². The van der Waals surface area contributed by atoms with Crippen LogP contribution in [0.5, 0.6) is 0 Å². The van der Waals surface area contributed by atoms with Crippen molar-refractivity contribution in [2.24, 2.45) is 10.9 Å². The van der Waals surface area contributed by atoms with Crippen LogP contribution in [0.4, 0.5) is 0 Å². The van der Waals surface area contributed by atoms with Crippen molar-refractivity contribution in [3.8, 4) is 0 Å². The lowest BCUT2D eigenvalue weighted by Crippen LogP contribution is -2.29. The molecule has 1 N–H and O–H groups in total. The highest BCUT2D eigenvalue weighted by Gasteiger charge is 2.21. The minimum absolute atomic E-state index is 0.523. The first-order valence-electron chi connectivity index (χ1n) is 6.60. The first-order valence-corrected chi connectivity index (χ1v) is 7.59. The minimum atomic E-state index is 0.523. The Bertz CT molecular complexity index is 226. The Morgan fingerprint density at radius 1 is 1.38 bits per heavy atom. The highest BCUT2D eigenvalue weighted by Crippen LogP contribution is 2.22. The van der Waals surface area contributed by atoms with Crippen molar-refractivity contribution in [2.45, 2.75) is 65.5 Å². The van der Waals surface area contributed by atoms with E-state index in [1.54, 1.807) is 0 Å². The van der Waals surface area contributed by atoms with E-state index in [0.29, 0.717) is 18.0 Å². The summed E-state index contributed by atoms with van der Waals surface area (Å²) in [5, 5.41) is 4.70. The summed E-state index contributed by atoms with van der Waals surface area (Å²) in [6.45, 7) is 9.02. The Balaban J connectivity index is 2.24. The summed E-state index contributed by atoms with van der Waals surface area (Å²) in [6.07, 6.45) is 5.24. The van der Waals surface area contributed by atoms with E-state index >= 15 is 0 Å². The fourth-order valence-corrected chi connectivity index (χ4v) is 3.08. The third-order valence-electron chi connectivity index (χ3n) is 3.05. The van der Waals surface area contributed by atoms with Crippen molar-refractivity contribution >= 4 is 16.9 Å². The summed E-state index contributed by atoms with van der Waals surface area (Å²) >= 11 is 1.89. The zero-order valence-electron chi connectivity index (χ0n) is 11.1. The quantitative estimate of drug-likeness (QED) is 0.719. The van der Waals surface area contributed by atoms with Gasteiger partial charge in [-0.2, -0.15) is 0 Å². The second-order valence-electron chi connectivity index (χ2n) is 5.10. The van der Waals surface area contributed by atoms with E-state index in [9.17, 15) is 0 Å². The van der Waals surface area contributed by atoms with E-state index in [1.807, 2.05) is 11.8 Å². The number of amidine groups is 1. The van der Waals surface area contributed by atoms with E-state index in [2.05, 4.69) is 33.0 Å². The van der Waals surface area contributed by atoms with Gasteiger partial charge in [0, 0.05) is 11.8 Å². The lowest BCUT2D eigenvalue weighted by atomic mass is 10.1.